The number of rotatable bonds is 9. The summed E-state index contributed by atoms with van der Waals surface area (Å²) in [5.41, 5.74) is 1.25. The Balaban J connectivity index is 1.48. The summed E-state index contributed by atoms with van der Waals surface area (Å²) in [5, 5.41) is 10.4. The average molecular weight is 391 g/mol. The summed E-state index contributed by atoms with van der Waals surface area (Å²) in [6.07, 6.45) is 9.91. The first-order valence-electron chi connectivity index (χ1n) is 11.1. The van der Waals surface area contributed by atoms with Crippen LogP contribution >= 0.6 is 0 Å². The van der Waals surface area contributed by atoms with E-state index in [2.05, 4.69) is 29.0 Å². The number of benzene rings is 1. The molecule has 1 saturated heterocycles. The minimum atomic E-state index is -0.496. The molecule has 28 heavy (non-hydrogen) atoms. The smallest absolute Gasteiger partial charge is 0.161 e. The fourth-order valence-corrected chi connectivity index (χ4v) is 4.55. The predicted octanol–water partition coefficient (Wildman–Crippen LogP) is 3.69. The zero-order valence-corrected chi connectivity index (χ0v) is 17.7. The number of hydrogen-bond donors (Lipinski definition) is 1. The monoisotopic (exact) mass is 390 g/mol. The van der Waals surface area contributed by atoms with Gasteiger partial charge >= 0.3 is 0 Å². The third-order valence-electron chi connectivity index (χ3n) is 6.21. The van der Waals surface area contributed by atoms with Crippen molar-refractivity contribution < 1.29 is 14.6 Å². The highest BCUT2D eigenvalue weighted by atomic mass is 16.5. The van der Waals surface area contributed by atoms with Crippen LogP contribution in [0.3, 0.4) is 0 Å². The highest BCUT2D eigenvalue weighted by Crippen LogP contribution is 2.29. The van der Waals surface area contributed by atoms with Crippen molar-refractivity contribution in [3.63, 3.8) is 0 Å². The first-order chi connectivity index (χ1) is 13.7. The summed E-state index contributed by atoms with van der Waals surface area (Å²) in [6.45, 7) is 4.27. The summed E-state index contributed by atoms with van der Waals surface area (Å²) in [5.74, 6) is 1.46. The SMILES string of the molecule is COc1cc(CN2CCCCC2)ccc1OC[C@H](O)CN(C)C1CCCCC1. The van der Waals surface area contributed by atoms with E-state index in [0.717, 1.165) is 12.3 Å². The van der Waals surface area contributed by atoms with Crippen molar-refractivity contribution in [2.75, 3.05) is 40.4 Å². The zero-order valence-electron chi connectivity index (χ0n) is 17.7. The Labute approximate surface area is 170 Å². The number of likely N-dealkylation sites (tertiary alicyclic amines) is 1. The summed E-state index contributed by atoms with van der Waals surface area (Å²) in [6, 6.07) is 6.78. The molecule has 5 nitrogen and oxygen atoms in total. The Bertz CT molecular complexity index is 583. The van der Waals surface area contributed by atoms with E-state index in [9.17, 15) is 5.11 Å². The first-order valence-corrected chi connectivity index (χ1v) is 11.1. The van der Waals surface area contributed by atoms with Crippen molar-refractivity contribution in [2.24, 2.45) is 0 Å². The lowest BCUT2D eigenvalue weighted by Crippen LogP contribution is -2.40. The van der Waals surface area contributed by atoms with Crippen molar-refractivity contribution >= 4 is 0 Å². The van der Waals surface area contributed by atoms with Crippen LogP contribution < -0.4 is 9.47 Å². The first kappa shape index (κ1) is 21.4. The highest BCUT2D eigenvalue weighted by Gasteiger charge is 2.20. The van der Waals surface area contributed by atoms with Crippen molar-refractivity contribution in [1.29, 1.82) is 0 Å². The van der Waals surface area contributed by atoms with Gasteiger partial charge in [0.2, 0.25) is 0 Å². The number of aliphatic hydroxyl groups is 1. The van der Waals surface area contributed by atoms with E-state index < -0.39 is 6.10 Å². The van der Waals surface area contributed by atoms with E-state index in [-0.39, 0.29) is 0 Å². The molecule has 1 N–H and O–H groups in total. The Morgan fingerprint density at radius 3 is 2.50 bits per heavy atom. The minimum absolute atomic E-state index is 0.291. The van der Waals surface area contributed by atoms with Crippen LogP contribution in [0.5, 0.6) is 11.5 Å². The molecule has 0 aromatic heterocycles. The van der Waals surface area contributed by atoms with Gasteiger partial charge in [-0.05, 0) is 63.5 Å². The molecule has 1 aromatic rings. The average Bonchev–Trinajstić information content (AvgIpc) is 2.74. The molecule has 2 aliphatic rings. The molecule has 1 heterocycles. The molecule has 158 valence electrons. The number of nitrogens with zero attached hydrogens (tertiary/aromatic N) is 2. The predicted molar refractivity (Wildman–Crippen MR) is 113 cm³/mol. The molecule has 1 aliphatic carbocycles. The molecule has 1 aromatic carbocycles. The van der Waals surface area contributed by atoms with Crippen molar-refractivity contribution in [3.8, 4) is 11.5 Å². The Morgan fingerprint density at radius 1 is 1.07 bits per heavy atom. The van der Waals surface area contributed by atoms with Gasteiger partial charge in [-0.15, -0.1) is 0 Å². The number of piperidine rings is 1. The van der Waals surface area contributed by atoms with E-state index in [1.165, 1.54) is 70.0 Å². The summed E-state index contributed by atoms with van der Waals surface area (Å²) < 4.78 is 11.5. The third kappa shape index (κ3) is 6.36. The normalized spacial score (nSPS) is 20.3. The van der Waals surface area contributed by atoms with Gasteiger partial charge in [-0.25, -0.2) is 0 Å². The number of hydrogen-bond acceptors (Lipinski definition) is 5. The lowest BCUT2D eigenvalue weighted by Gasteiger charge is -2.32. The van der Waals surface area contributed by atoms with Crippen LogP contribution in [-0.2, 0) is 6.54 Å². The van der Waals surface area contributed by atoms with Crippen molar-refractivity contribution in [3.05, 3.63) is 23.8 Å². The van der Waals surface area contributed by atoms with Crippen LogP contribution in [0.2, 0.25) is 0 Å². The summed E-state index contributed by atoms with van der Waals surface area (Å²) in [7, 11) is 3.80. The van der Waals surface area contributed by atoms with Gasteiger partial charge in [-0.3, -0.25) is 4.90 Å². The van der Waals surface area contributed by atoms with Gasteiger partial charge in [0.15, 0.2) is 11.5 Å². The van der Waals surface area contributed by atoms with E-state index >= 15 is 0 Å². The molecular formula is C23H38N2O3. The van der Waals surface area contributed by atoms with Gasteiger partial charge < -0.3 is 19.5 Å². The standard InChI is InChI=1S/C23H38N2O3/c1-24(20-9-5-3-6-10-20)17-21(26)18-28-22-12-11-19(15-23(22)27-2)16-25-13-7-4-8-14-25/h11-12,15,20-21,26H,3-10,13-14,16-18H2,1-2H3/t21-/m1/s1. The molecule has 2 fully saturated rings. The number of likely N-dealkylation sites (N-methyl/N-ethyl adjacent to an activating group) is 1. The van der Waals surface area contributed by atoms with Crippen LogP contribution in [0, 0.1) is 0 Å². The summed E-state index contributed by atoms with van der Waals surface area (Å²) in [4.78, 5) is 4.80. The Kier molecular flexibility index (Phi) is 8.44. The Hall–Kier alpha value is -1.30. The van der Waals surface area contributed by atoms with Gasteiger partial charge in [0.25, 0.3) is 0 Å². The van der Waals surface area contributed by atoms with E-state index in [1.807, 2.05) is 6.07 Å². The number of aliphatic hydroxyl groups excluding tert-OH is 1. The maximum Gasteiger partial charge on any atom is 0.161 e. The number of methoxy groups -OCH3 is 1. The van der Waals surface area contributed by atoms with Gasteiger partial charge in [-0.2, -0.15) is 0 Å². The maximum atomic E-state index is 10.4. The van der Waals surface area contributed by atoms with E-state index in [1.54, 1.807) is 7.11 Å². The second-order valence-electron chi connectivity index (χ2n) is 8.52. The van der Waals surface area contributed by atoms with Crippen LogP contribution in [0.15, 0.2) is 18.2 Å². The lowest BCUT2D eigenvalue weighted by molar-refractivity contribution is 0.0553. The number of ether oxygens (including phenoxy) is 2. The lowest BCUT2D eigenvalue weighted by atomic mass is 9.94. The van der Waals surface area contributed by atoms with Gasteiger partial charge in [0, 0.05) is 19.1 Å². The molecule has 1 aliphatic heterocycles. The van der Waals surface area contributed by atoms with Gasteiger partial charge in [0.05, 0.1) is 7.11 Å². The van der Waals surface area contributed by atoms with Crippen LogP contribution in [0.4, 0.5) is 0 Å². The van der Waals surface area contributed by atoms with Crippen LogP contribution in [0.25, 0.3) is 0 Å². The molecule has 0 spiro atoms. The van der Waals surface area contributed by atoms with E-state index in [4.69, 9.17) is 9.47 Å². The van der Waals surface area contributed by atoms with Gasteiger partial charge in [0.1, 0.15) is 12.7 Å². The molecule has 0 radical (unpaired) electrons. The fourth-order valence-electron chi connectivity index (χ4n) is 4.55. The highest BCUT2D eigenvalue weighted by molar-refractivity contribution is 5.43. The van der Waals surface area contributed by atoms with E-state index in [0.29, 0.717) is 24.9 Å². The van der Waals surface area contributed by atoms with Crippen LogP contribution in [0.1, 0.15) is 56.9 Å². The minimum Gasteiger partial charge on any atom is -0.493 e. The molecule has 1 atom stereocenters. The molecule has 0 bridgehead atoms. The van der Waals surface area contributed by atoms with Crippen molar-refractivity contribution in [2.45, 2.75) is 70.1 Å². The van der Waals surface area contributed by atoms with Crippen LogP contribution in [-0.4, -0.2) is 67.5 Å². The molecule has 1 saturated carbocycles. The molecule has 0 amide bonds. The largest absolute Gasteiger partial charge is 0.493 e. The fraction of sp³-hybridized carbons (Fsp3) is 0.739. The van der Waals surface area contributed by atoms with Gasteiger partial charge in [-0.1, -0.05) is 31.7 Å². The molecular weight excluding hydrogens is 352 g/mol. The molecule has 3 rings (SSSR count). The molecule has 0 unspecified atom stereocenters. The quantitative estimate of drug-likeness (QED) is 0.697. The topological polar surface area (TPSA) is 45.2 Å². The summed E-state index contributed by atoms with van der Waals surface area (Å²) >= 11 is 0. The third-order valence-corrected chi connectivity index (χ3v) is 6.21. The van der Waals surface area contributed by atoms with Crippen molar-refractivity contribution in [1.82, 2.24) is 9.80 Å². The second kappa shape index (κ2) is 11.0. The zero-order chi connectivity index (χ0) is 19.8. The Morgan fingerprint density at radius 2 is 1.79 bits per heavy atom. The maximum absolute atomic E-state index is 10.4. The second-order valence-corrected chi connectivity index (χ2v) is 8.52. The molecule has 5 heteroatoms.